The molecule has 0 aliphatic rings. The molecule has 522 valence electrons. The number of carbonyl (C=O) groups is 4. The number of aliphatic hydroxyl groups is 1. The van der Waals surface area contributed by atoms with Crippen LogP contribution in [0.5, 0.6) is 0 Å². The van der Waals surface area contributed by atoms with E-state index in [4.69, 9.17) is 37.0 Å². The number of carbonyl (C=O) groups excluding carboxylic acids is 4. The SMILES string of the molecule is CCC(C)CCCCCCCCC(=O)OC[C@H](COP(=O)(O)OC[C@H](O)COP(=O)(O)OC[C@@H](COC(=O)CCCCCCCCCCC(C)C)OC(=O)CCCCCCCCCCCCCCCCCC(C)C)OC(=O)CCCCCCCCC(C)C. The first-order chi connectivity index (χ1) is 42.1. The average Bonchev–Trinajstić information content (AvgIpc) is 3.43. The lowest BCUT2D eigenvalue weighted by atomic mass is 10.00. The van der Waals surface area contributed by atoms with Crippen LogP contribution in [-0.2, 0) is 65.4 Å². The Labute approximate surface area is 537 Å². The minimum absolute atomic E-state index is 0.101. The third kappa shape index (κ3) is 61.6. The maximum atomic E-state index is 13.0. The van der Waals surface area contributed by atoms with Crippen molar-refractivity contribution in [3.8, 4) is 0 Å². The predicted octanol–water partition coefficient (Wildman–Crippen LogP) is 19.3. The van der Waals surface area contributed by atoms with Crippen LogP contribution in [-0.4, -0.2) is 96.7 Å². The van der Waals surface area contributed by atoms with E-state index in [1.165, 1.54) is 135 Å². The van der Waals surface area contributed by atoms with Gasteiger partial charge in [0.25, 0.3) is 0 Å². The van der Waals surface area contributed by atoms with E-state index < -0.39 is 97.5 Å². The van der Waals surface area contributed by atoms with Gasteiger partial charge in [0.2, 0.25) is 0 Å². The van der Waals surface area contributed by atoms with Gasteiger partial charge in [0.15, 0.2) is 12.2 Å². The van der Waals surface area contributed by atoms with Crippen LogP contribution in [0.2, 0.25) is 0 Å². The van der Waals surface area contributed by atoms with Crippen LogP contribution in [0.25, 0.3) is 0 Å². The highest BCUT2D eigenvalue weighted by atomic mass is 31.2. The van der Waals surface area contributed by atoms with Gasteiger partial charge in [-0.05, 0) is 49.4 Å². The molecule has 88 heavy (non-hydrogen) atoms. The molecule has 0 aromatic heterocycles. The van der Waals surface area contributed by atoms with Crippen LogP contribution in [0, 0.1) is 23.7 Å². The van der Waals surface area contributed by atoms with Gasteiger partial charge >= 0.3 is 39.5 Å². The highest BCUT2D eigenvalue weighted by molar-refractivity contribution is 7.47. The number of rotatable bonds is 66. The molecule has 0 bridgehead atoms. The quantitative estimate of drug-likeness (QED) is 0.0222. The second kappa shape index (κ2) is 58.8. The van der Waals surface area contributed by atoms with Crippen molar-refractivity contribution in [3.63, 3.8) is 0 Å². The standard InChI is InChI=1S/C69H134O17P2/c1-9-62(8)48-40-32-26-28-34-42-50-67(72)80-56-65(86-69(74)52-44-36-27-25-31-39-47-61(6)7)58-84-88(77,78)82-54-63(70)53-81-87(75,76)83-57-64(55-79-66(71)49-41-33-23-20-19-22-30-38-46-60(4)5)85-68(73)51-43-35-24-18-16-14-12-10-11-13-15-17-21-29-37-45-59(2)3/h59-65,70H,9-58H2,1-8H3,(H,75,76)(H,77,78)/t62?,63-,64-,65-/m1/s1. The number of aliphatic hydroxyl groups excluding tert-OH is 1. The number of hydrogen-bond acceptors (Lipinski definition) is 15. The molecule has 3 unspecified atom stereocenters. The molecule has 3 N–H and O–H groups in total. The van der Waals surface area contributed by atoms with Crippen LogP contribution in [0.1, 0.15) is 338 Å². The Hall–Kier alpha value is -1.94. The minimum Gasteiger partial charge on any atom is -0.462 e. The molecular formula is C69H134O17P2. The smallest absolute Gasteiger partial charge is 0.462 e. The summed E-state index contributed by atoms with van der Waals surface area (Å²) in [5.74, 6) is 0.792. The zero-order chi connectivity index (χ0) is 65.4. The Bertz CT molecular complexity index is 1750. The molecule has 0 aliphatic heterocycles. The van der Waals surface area contributed by atoms with Gasteiger partial charge in [0.1, 0.15) is 19.3 Å². The van der Waals surface area contributed by atoms with E-state index in [1.54, 1.807) is 0 Å². The van der Waals surface area contributed by atoms with E-state index in [1.807, 2.05) is 0 Å². The molecule has 0 amide bonds. The van der Waals surface area contributed by atoms with Crippen LogP contribution < -0.4 is 0 Å². The van der Waals surface area contributed by atoms with E-state index in [0.717, 1.165) is 114 Å². The monoisotopic (exact) mass is 1300 g/mol. The number of phosphoric ester groups is 2. The molecule has 19 heteroatoms. The normalized spacial score (nSPS) is 14.6. The van der Waals surface area contributed by atoms with E-state index in [9.17, 15) is 43.2 Å². The summed E-state index contributed by atoms with van der Waals surface area (Å²) in [7, 11) is -9.90. The predicted molar refractivity (Wildman–Crippen MR) is 354 cm³/mol. The Morgan fingerprint density at radius 2 is 0.545 bits per heavy atom. The number of phosphoric acid groups is 2. The summed E-state index contributed by atoms with van der Waals surface area (Å²) in [6.07, 6.45) is 40.6. The molecular weight excluding hydrogens is 1160 g/mol. The van der Waals surface area contributed by atoms with Crippen molar-refractivity contribution in [1.29, 1.82) is 0 Å². The van der Waals surface area contributed by atoms with Crippen LogP contribution >= 0.6 is 15.6 Å². The van der Waals surface area contributed by atoms with E-state index in [-0.39, 0.29) is 25.7 Å². The van der Waals surface area contributed by atoms with Crippen molar-refractivity contribution in [2.45, 2.75) is 356 Å². The van der Waals surface area contributed by atoms with Crippen molar-refractivity contribution in [2.24, 2.45) is 23.7 Å². The Morgan fingerprint density at radius 1 is 0.318 bits per heavy atom. The van der Waals surface area contributed by atoms with Gasteiger partial charge in [0.05, 0.1) is 26.4 Å². The summed E-state index contributed by atoms with van der Waals surface area (Å²) in [5, 5.41) is 10.6. The second-order valence-corrected chi connectivity index (χ2v) is 29.5. The molecule has 0 aromatic rings. The highest BCUT2D eigenvalue weighted by Gasteiger charge is 2.30. The largest absolute Gasteiger partial charge is 0.472 e. The molecule has 17 nitrogen and oxygen atoms in total. The maximum absolute atomic E-state index is 13.0. The van der Waals surface area contributed by atoms with E-state index in [2.05, 4.69) is 55.4 Å². The maximum Gasteiger partial charge on any atom is 0.472 e. The van der Waals surface area contributed by atoms with Crippen LogP contribution in [0.15, 0.2) is 0 Å². The van der Waals surface area contributed by atoms with Gasteiger partial charge in [-0.1, -0.05) is 287 Å². The van der Waals surface area contributed by atoms with Crippen LogP contribution in [0.3, 0.4) is 0 Å². The lowest BCUT2D eigenvalue weighted by Crippen LogP contribution is -2.30. The van der Waals surface area contributed by atoms with Crippen LogP contribution in [0.4, 0.5) is 0 Å². The van der Waals surface area contributed by atoms with Crippen molar-refractivity contribution in [2.75, 3.05) is 39.6 Å². The van der Waals surface area contributed by atoms with Crippen molar-refractivity contribution in [1.82, 2.24) is 0 Å². The molecule has 0 spiro atoms. The molecule has 0 aromatic carbocycles. The third-order valence-corrected chi connectivity index (χ3v) is 18.1. The van der Waals surface area contributed by atoms with Gasteiger partial charge in [0, 0.05) is 25.7 Å². The summed E-state index contributed by atoms with van der Waals surface area (Å²) >= 11 is 0. The summed E-state index contributed by atoms with van der Waals surface area (Å²) in [4.78, 5) is 72.4. The first-order valence-corrected chi connectivity index (χ1v) is 38.7. The summed E-state index contributed by atoms with van der Waals surface area (Å²) in [5.41, 5.74) is 0. The molecule has 0 heterocycles. The fourth-order valence-corrected chi connectivity index (χ4v) is 11.9. The van der Waals surface area contributed by atoms with E-state index in [0.29, 0.717) is 31.6 Å². The molecule has 0 aliphatic carbocycles. The average molecular weight is 1300 g/mol. The van der Waals surface area contributed by atoms with Gasteiger partial charge in [-0.25, -0.2) is 9.13 Å². The summed E-state index contributed by atoms with van der Waals surface area (Å²) in [6, 6.07) is 0. The Balaban J connectivity index is 5.21. The Morgan fingerprint density at radius 3 is 0.807 bits per heavy atom. The fourth-order valence-electron chi connectivity index (χ4n) is 10.3. The van der Waals surface area contributed by atoms with Gasteiger partial charge < -0.3 is 33.8 Å². The zero-order valence-electron chi connectivity index (χ0n) is 57.3. The fraction of sp³-hybridized carbons (Fsp3) is 0.942. The zero-order valence-corrected chi connectivity index (χ0v) is 59.1. The lowest BCUT2D eigenvalue weighted by Gasteiger charge is -2.21. The van der Waals surface area contributed by atoms with Gasteiger partial charge in [-0.15, -0.1) is 0 Å². The number of esters is 4. The molecule has 0 saturated heterocycles. The van der Waals surface area contributed by atoms with Crippen molar-refractivity contribution < 1.29 is 80.2 Å². The minimum atomic E-state index is -4.95. The molecule has 0 saturated carbocycles. The summed E-state index contributed by atoms with van der Waals surface area (Å²) in [6.45, 7) is 14.0. The molecule has 0 fully saturated rings. The second-order valence-electron chi connectivity index (χ2n) is 26.6. The van der Waals surface area contributed by atoms with Crippen molar-refractivity contribution >= 4 is 39.5 Å². The van der Waals surface area contributed by atoms with Crippen molar-refractivity contribution in [3.05, 3.63) is 0 Å². The molecule has 6 atom stereocenters. The number of unbranched alkanes of at least 4 members (excludes halogenated alkanes) is 31. The lowest BCUT2D eigenvalue weighted by molar-refractivity contribution is -0.161. The topological polar surface area (TPSA) is 237 Å². The van der Waals surface area contributed by atoms with Gasteiger partial charge in [-0.2, -0.15) is 0 Å². The number of hydrogen-bond donors (Lipinski definition) is 3. The summed E-state index contributed by atoms with van der Waals surface area (Å²) < 4.78 is 68.2. The highest BCUT2D eigenvalue weighted by Crippen LogP contribution is 2.45. The molecule has 0 radical (unpaired) electrons. The first-order valence-electron chi connectivity index (χ1n) is 35.7. The van der Waals surface area contributed by atoms with Gasteiger partial charge in [-0.3, -0.25) is 37.3 Å². The first kappa shape index (κ1) is 86.1. The number of ether oxygens (including phenoxy) is 4. The Kier molecular flexibility index (Phi) is 57.6. The third-order valence-electron chi connectivity index (χ3n) is 16.2. The van der Waals surface area contributed by atoms with E-state index >= 15 is 0 Å². The molecule has 0 rings (SSSR count).